The Hall–Kier alpha value is -3.31. The fraction of sp³-hybridized carbons (Fsp3) is 0.429. The zero-order chi connectivity index (χ0) is 23.3. The number of amides is 1. The fourth-order valence-electron chi connectivity index (χ4n) is 3.42. The highest BCUT2D eigenvalue weighted by Gasteiger charge is 2.20. The predicted octanol–water partition coefficient (Wildman–Crippen LogP) is 2.24. The molecule has 0 aliphatic carbocycles. The zero-order valence-corrected chi connectivity index (χ0v) is 18.4. The van der Waals surface area contributed by atoms with Crippen molar-refractivity contribution in [1.82, 2.24) is 19.7 Å². The second-order valence-corrected chi connectivity index (χ2v) is 7.89. The van der Waals surface area contributed by atoms with E-state index >= 15 is 0 Å². The molecule has 0 bridgehead atoms. The lowest BCUT2D eigenvalue weighted by Gasteiger charge is -2.21. The van der Waals surface area contributed by atoms with Crippen molar-refractivity contribution >= 4 is 34.1 Å². The molecule has 0 spiro atoms. The average Bonchev–Trinajstić information content (AvgIpc) is 3.17. The van der Waals surface area contributed by atoms with Crippen LogP contribution in [-0.4, -0.2) is 52.0 Å². The normalized spacial score (nSPS) is 12.3. The van der Waals surface area contributed by atoms with Gasteiger partial charge in [-0.3, -0.25) is 14.5 Å². The van der Waals surface area contributed by atoms with Crippen LogP contribution in [0.2, 0.25) is 0 Å². The summed E-state index contributed by atoms with van der Waals surface area (Å²) in [6.07, 6.45) is 5.67. The van der Waals surface area contributed by atoms with Crippen molar-refractivity contribution in [3.8, 4) is 0 Å². The van der Waals surface area contributed by atoms with E-state index in [9.17, 15) is 9.18 Å². The molecule has 32 heavy (non-hydrogen) atoms. The number of pyridine rings is 2. The van der Waals surface area contributed by atoms with Crippen LogP contribution >= 0.6 is 0 Å². The molecule has 3 rings (SSSR count). The largest absolute Gasteiger partial charge is 0.383 e. The number of primary amides is 1. The smallest absolute Gasteiger partial charge is 0.252 e. The monoisotopic (exact) mass is 444 g/mol. The lowest BCUT2D eigenvalue weighted by molar-refractivity contribution is 0.100. The molecule has 0 unspecified atom stereocenters. The third-order valence-corrected chi connectivity index (χ3v) is 4.95. The lowest BCUT2D eigenvalue weighted by atomic mass is 10.0. The van der Waals surface area contributed by atoms with Gasteiger partial charge in [-0.1, -0.05) is 13.8 Å². The van der Waals surface area contributed by atoms with Crippen LogP contribution in [-0.2, 0) is 11.3 Å². The molecule has 0 aliphatic rings. The van der Waals surface area contributed by atoms with E-state index in [2.05, 4.69) is 39.5 Å². The van der Waals surface area contributed by atoms with Crippen LogP contribution < -0.4 is 22.1 Å². The van der Waals surface area contributed by atoms with E-state index in [0.29, 0.717) is 31.3 Å². The molecule has 0 fully saturated rings. The maximum absolute atomic E-state index is 14.7. The highest BCUT2D eigenvalue weighted by molar-refractivity contribution is 6.00. The first-order valence-electron chi connectivity index (χ1n) is 10.4. The summed E-state index contributed by atoms with van der Waals surface area (Å²) in [6.45, 7) is 5.46. The van der Waals surface area contributed by atoms with E-state index in [1.165, 1.54) is 0 Å². The number of fused-ring (bicyclic) bond motifs is 1. The van der Waals surface area contributed by atoms with Gasteiger partial charge in [-0.15, -0.1) is 0 Å². The summed E-state index contributed by atoms with van der Waals surface area (Å²) < 4.78 is 21.6. The minimum atomic E-state index is -0.807. The highest BCUT2D eigenvalue weighted by Crippen LogP contribution is 2.28. The number of hydrogen-bond donors (Lipinski definition) is 4. The van der Waals surface area contributed by atoms with Gasteiger partial charge in [-0.05, 0) is 18.4 Å². The molecule has 0 saturated carbocycles. The minimum Gasteiger partial charge on any atom is -0.383 e. The van der Waals surface area contributed by atoms with Gasteiger partial charge in [-0.2, -0.15) is 5.10 Å². The molecule has 0 aliphatic heterocycles. The van der Waals surface area contributed by atoms with Crippen molar-refractivity contribution in [2.24, 2.45) is 17.4 Å². The average molecular weight is 445 g/mol. The second-order valence-electron chi connectivity index (χ2n) is 7.89. The summed E-state index contributed by atoms with van der Waals surface area (Å²) in [6, 6.07) is 0.895. The first-order chi connectivity index (χ1) is 15.3. The number of carbonyl (C=O) groups is 1. The lowest BCUT2D eigenvalue weighted by Crippen LogP contribution is -2.31. The van der Waals surface area contributed by atoms with Crippen LogP contribution in [0.4, 0.5) is 21.7 Å². The van der Waals surface area contributed by atoms with Crippen molar-refractivity contribution in [1.29, 1.82) is 0 Å². The number of hydrogen-bond acceptors (Lipinski definition) is 8. The van der Waals surface area contributed by atoms with Crippen LogP contribution in [0.25, 0.3) is 10.9 Å². The Morgan fingerprint density at radius 2 is 2.06 bits per heavy atom. The Morgan fingerprint density at radius 3 is 2.72 bits per heavy atom. The molecule has 6 N–H and O–H groups in total. The Bertz CT molecular complexity index is 1090. The summed E-state index contributed by atoms with van der Waals surface area (Å²) in [4.78, 5) is 20.5. The predicted molar refractivity (Wildman–Crippen MR) is 121 cm³/mol. The molecule has 172 valence electrons. The number of methoxy groups -OCH3 is 1. The van der Waals surface area contributed by atoms with E-state index in [0.717, 1.165) is 23.4 Å². The van der Waals surface area contributed by atoms with Crippen molar-refractivity contribution in [3.63, 3.8) is 0 Å². The first kappa shape index (κ1) is 23.4. The molecule has 0 radical (unpaired) electrons. The molecule has 1 atom stereocenters. The standard InChI is InChI=1S/C21H29FN8O2/c1-12(2)6-13(8-23)27-21-16(22)7-14(19(24)31)20(29-21)28-17-10-25-11-18-15(17)9-26-30(18)4-5-32-3/h7,9-13H,4-6,8,23H2,1-3H3,(H2,24,31)(H2,27,28,29)/t13-/m1/s1. The number of nitrogens with one attached hydrogen (secondary N) is 2. The van der Waals surface area contributed by atoms with Gasteiger partial charge in [0.15, 0.2) is 11.6 Å². The summed E-state index contributed by atoms with van der Waals surface area (Å²) >= 11 is 0. The first-order valence-corrected chi connectivity index (χ1v) is 10.4. The molecule has 10 nitrogen and oxygen atoms in total. The maximum Gasteiger partial charge on any atom is 0.252 e. The number of carbonyl (C=O) groups excluding carboxylic acids is 1. The Labute approximate surface area is 185 Å². The van der Waals surface area contributed by atoms with Gasteiger partial charge >= 0.3 is 0 Å². The number of aromatic nitrogens is 4. The van der Waals surface area contributed by atoms with Crippen LogP contribution in [0, 0.1) is 11.7 Å². The van der Waals surface area contributed by atoms with E-state index in [1.54, 1.807) is 30.4 Å². The molecular weight excluding hydrogens is 415 g/mol. The number of nitrogens with zero attached hydrogens (tertiary/aromatic N) is 4. The molecular formula is C21H29FN8O2. The number of ether oxygens (including phenoxy) is 1. The van der Waals surface area contributed by atoms with Gasteiger partial charge in [-0.25, -0.2) is 9.37 Å². The van der Waals surface area contributed by atoms with E-state index < -0.39 is 11.7 Å². The van der Waals surface area contributed by atoms with Crippen LogP contribution in [0.15, 0.2) is 24.7 Å². The molecule has 1 amide bonds. The third-order valence-electron chi connectivity index (χ3n) is 4.95. The van der Waals surface area contributed by atoms with Gasteiger partial charge in [0.2, 0.25) is 0 Å². The quantitative estimate of drug-likeness (QED) is 0.352. The molecule has 3 heterocycles. The van der Waals surface area contributed by atoms with Crippen LogP contribution in [0.3, 0.4) is 0 Å². The minimum absolute atomic E-state index is 0.00970. The van der Waals surface area contributed by atoms with Crippen LogP contribution in [0.1, 0.15) is 30.6 Å². The third kappa shape index (κ3) is 5.29. The Kier molecular flexibility index (Phi) is 7.54. The number of nitrogens with two attached hydrogens (primary N) is 2. The van der Waals surface area contributed by atoms with Crippen molar-refractivity contribution in [2.45, 2.75) is 32.9 Å². The summed E-state index contributed by atoms with van der Waals surface area (Å²) in [7, 11) is 1.62. The van der Waals surface area contributed by atoms with Gasteiger partial charge in [0, 0.05) is 25.1 Å². The Balaban J connectivity index is 1.98. The highest BCUT2D eigenvalue weighted by atomic mass is 19.1. The summed E-state index contributed by atoms with van der Waals surface area (Å²) in [5.41, 5.74) is 12.6. The topological polar surface area (TPSA) is 146 Å². The van der Waals surface area contributed by atoms with Gasteiger partial charge in [0.1, 0.15) is 5.82 Å². The maximum atomic E-state index is 14.7. The summed E-state index contributed by atoms with van der Waals surface area (Å²) in [5.74, 6) is -1.03. The molecule has 11 heteroatoms. The fourth-order valence-corrected chi connectivity index (χ4v) is 3.42. The van der Waals surface area contributed by atoms with Gasteiger partial charge < -0.3 is 26.8 Å². The SMILES string of the molecule is COCCn1ncc2c(Nc3nc(N[C@@H](CN)CC(C)C)c(F)cc3C(N)=O)cncc21. The van der Waals surface area contributed by atoms with Gasteiger partial charge in [0.25, 0.3) is 5.91 Å². The van der Waals surface area contributed by atoms with E-state index in [4.69, 9.17) is 16.2 Å². The second kappa shape index (κ2) is 10.3. The summed E-state index contributed by atoms with van der Waals surface area (Å²) in [5, 5.41) is 11.2. The van der Waals surface area contributed by atoms with Crippen LogP contribution in [0.5, 0.6) is 0 Å². The molecule has 0 saturated heterocycles. The van der Waals surface area contributed by atoms with Crippen molar-refractivity contribution in [3.05, 3.63) is 36.0 Å². The number of halogens is 1. The molecule has 3 aromatic rings. The zero-order valence-electron chi connectivity index (χ0n) is 18.4. The van der Waals surface area contributed by atoms with Gasteiger partial charge in [0.05, 0.1) is 48.5 Å². The van der Waals surface area contributed by atoms with Crippen molar-refractivity contribution in [2.75, 3.05) is 30.9 Å². The van der Waals surface area contributed by atoms with E-state index in [1.807, 2.05) is 0 Å². The number of rotatable bonds is 11. The number of anilines is 3. The molecule has 0 aromatic carbocycles. The van der Waals surface area contributed by atoms with Crippen molar-refractivity contribution < 1.29 is 13.9 Å². The molecule has 3 aromatic heterocycles. The Morgan fingerprint density at radius 1 is 1.28 bits per heavy atom. The van der Waals surface area contributed by atoms with E-state index in [-0.39, 0.29) is 23.2 Å².